The number of rotatable bonds is 1. The molecule has 2 aliphatic heterocycles. The number of likely N-dealkylation sites (N-methyl/N-ethyl adjacent to an activating group) is 1. The molecule has 2 saturated heterocycles. The number of likely N-dealkylation sites (tertiary alicyclic amines) is 1. The summed E-state index contributed by atoms with van der Waals surface area (Å²) in [5.74, 6) is 0.234. The van der Waals surface area contributed by atoms with Crippen molar-refractivity contribution in [2.75, 3.05) is 13.1 Å². The van der Waals surface area contributed by atoms with E-state index < -0.39 is 0 Å². The predicted octanol–water partition coefficient (Wildman–Crippen LogP) is -0.421. The normalized spacial score (nSPS) is 38.7. The van der Waals surface area contributed by atoms with Gasteiger partial charge in [0.1, 0.15) is 0 Å². The molecule has 0 aliphatic carbocycles. The van der Waals surface area contributed by atoms with Crippen molar-refractivity contribution < 1.29 is 4.79 Å². The summed E-state index contributed by atoms with van der Waals surface area (Å²) in [5, 5.41) is 2.94. The van der Waals surface area contributed by atoms with Gasteiger partial charge in [-0.3, -0.25) is 9.69 Å². The van der Waals surface area contributed by atoms with Gasteiger partial charge in [-0.15, -0.1) is 0 Å². The lowest BCUT2D eigenvalue weighted by Gasteiger charge is -2.24. The third-order valence-electron chi connectivity index (χ3n) is 2.46. The Kier molecular flexibility index (Phi) is 1.20. The fourth-order valence-electron chi connectivity index (χ4n) is 1.93. The van der Waals surface area contributed by atoms with Crippen LogP contribution in [-0.4, -0.2) is 36.0 Å². The molecule has 3 heteroatoms. The molecule has 0 saturated carbocycles. The van der Waals surface area contributed by atoms with Crippen molar-refractivity contribution in [2.45, 2.75) is 25.4 Å². The first-order valence-corrected chi connectivity index (χ1v) is 3.85. The second-order valence-corrected chi connectivity index (χ2v) is 3.04. The Hall–Kier alpha value is -0.570. The predicted molar refractivity (Wildman–Crippen MR) is 37.6 cm³/mol. The lowest BCUT2D eigenvalue weighted by molar-refractivity contribution is -0.125. The Balaban J connectivity index is 2.12. The van der Waals surface area contributed by atoms with Gasteiger partial charge in [-0.2, -0.15) is 0 Å². The monoisotopic (exact) mass is 140 g/mol. The van der Waals surface area contributed by atoms with E-state index in [0.717, 1.165) is 19.5 Å². The van der Waals surface area contributed by atoms with Crippen LogP contribution in [0.4, 0.5) is 0 Å². The molecule has 0 spiro atoms. The van der Waals surface area contributed by atoms with Crippen LogP contribution in [0.2, 0.25) is 0 Å². The number of fused-ring (bicyclic) bond motifs is 2. The van der Waals surface area contributed by atoms with Gasteiger partial charge < -0.3 is 5.32 Å². The minimum atomic E-state index is 0.204. The molecule has 2 bridgehead atoms. The van der Waals surface area contributed by atoms with Gasteiger partial charge >= 0.3 is 0 Å². The summed E-state index contributed by atoms with van der Waals surface area (Å²) in [6.07, 6.45) is 1.03. The van der Waals surface area contributed by atoms with E-state index >= 15 is 0 Å². The van der Waals surface area contributed by atoms with Crippen molar-refractivity contribution in [1.82, 2.24) is 10.2 Å². The van der Waals surface area contributed by atoms with Crippen molar-refractivity contribution in [1.29, 1.82) is 0 Å². The summed E-state index contributed by atoms with van der Waals surface area (Å²) in [4.78, 5) is 13.3. The molecule has 0 aromatic carbocycles. The van der Waals surface area contributed by atoms with Gasteiger partial charge in [0.15, 0.2) is 0 Å². The zero-order valence-corrected chi connectivity index (χ0v) is 6.13. The largest absolute Gasteiger partial charge is 0.351 e. The van der Waals surface area contributed by atoms with Crippen molar-refractivity contribution in [2.24, 2.45) is 0 Å². The van der Waals surface area contributed by atoms with Gasteiger partial charge in [0.25, 0.3) is 0 Å². The number of hydrogen-bond donors (Lipinski definition) is 1. The zero-order valence-electron chi connectivity index (χ0n) is 6.13. The molecule has 10 heavy (non-hydrogen) atoms. The summed E-state index contributed by atoms with van der Waals surface area (Å²) in [6, 6.07) is 0.660. The molecule has 1 N–H and O–H groups in total. The van der Waals surface area contributed by atoms with Crippen LogP contribution in [0.25, 0.3) is 0 Å². The van der Waals surface area contributed by atoms with Gasteiger partial charge in [-0.25, -0.2) is 0 Å². The smallest absolute Gasteiger partial charge is 0.237 e. The molecular weight excluding hydrogens is 128 g/mol. The number of hydrogen-bond acceptors (Lipinski definition) is 2. The highest BCUT2D eigenvalue weighted by atomic mass is 16.2. The molecule has 2 rings (SSSR count). The fourth-order valence-corrected chi connectivity index (χ4v) is 1.93. The fraction of sp³-hybridized carbons (Fsp3) is 0.857. The summed E-state index contributed by atoms with van der Waals surface area (Å²) in [6.45, 7) is 4.18. The molecule has 2 heterocycles. The highest BCUT2D eigenvalue weighted by Gasteiger charge is 2.42. The van der Waals surface area contributed by atoms with Gasteiger partial charge in [-0.1, -0.05) is 6.92 Å². The Bertz CT molecular complexity index is 169. The van der Waals surface area contributed by atoms with E-state index in [1.165, 1.54) is 0 Å². The minimum absolute atomic E-state index is 0.204. The number of nitrogens with one attached hydrogen (secondary N) is 1. The first-order chi connectivity index (χ1) is 4.81. The molecule has 56 valence electrons. The van der Waals surface area contributed by atoms with Crippen LogP contribution in [0.1, 0.15) is 13.3 Å². The first kappa shape index (κ1) is 6.16. The average molecular weight is 140 g/mol. The van der Waals surface area contributed by atoms with Crippen molar-refractivity contribution in [3.63, 3.8) is 0 Å². The summed E-state index contributed by atoms with van der Waals surface area (Å²) < 4.78 is 0. The molecule has 0 radical (unpaired) electrons. The quantitative estimate of drug-likeness (QED) is 0.536. The summed E-state index contributed by atoms with van der Waals surface area (Å²) in [5.41, 5.74) is 0. The van der Waals surface area contributed by atoms with E-state index in [-0.39, 0.29) is 11.9 Å². The van der Waals surface area contributed by atoms with Crippen LogP contribution >= 0.6 is 0 Å². The average Bonchev–Trinajstić information content (AvgIpc) is 2.44. The SMILES string of the molecule is CCN1C[C@H]2C[C@@H]1C(=O)N2. The molecule has 2 aliphatic rings. The van der Waals surface area contributed by atoms with E-state index in [1.54, 1.807) is 0 Å². The topological polar surface area (TPSA) is 32.3 Å². The highest BCUT2D eigenvalue weighted by molar-refractivity contribution is 5.85. The Morgan fingerprint density at radius 2 is 2.60 bits per heavy atom. The lowest BCUT2D eigenvalue weighted by atomic mass is 10.2. The van der Waals surface area contributed by atoms with Gasteiger partial charge in [0.05, 0.1) is 6.04 Å². The van der Waals surface area contributed by atoms with Gasteiger partial charge in [0, 0.05) is 12.6 Å². The maximum Gasteiger partial charge on any atom is 0.237 e. The second kappa shape index (κ2) is 1.95. The van der Waals surface area contributed by atoms with Crippen molar-refractivity contribution >= 4 is 5.91 Å². The summed E-state index contributed by atoms with van der Waals surface area (Å²) in [7, 11) is 0. The lowest BCUT2D eigenvalue weighted by Crippen LogP contribution is -2.47. The number of carbonyl (C=O) groups is 1. The van der Waals surface area contributed by atoms with Crippen molar-refractivity contribution in [3.05, 3.63) is 0 Å². The van der Waals surface area contributed by atoms with E-state index in [1.807, 2.05) is 0 Å². The van der Waals surface area contributed by atoms with E-state index in [2.05, 4.69) is 17.1 Å². The van der Waals surface area contributed by atoms with E-state index in [4.69, 9.17) is 0 Å². The number of carbonyl (C=O) groups excluding carboxylic acids is 1. The molecule has 2 fully saturated rings. The molecule has 2 atom stereocenters. The first-order valence-electron chi connectivity index (χ1n) is 3.85. The Labute approximate surface area is 60.4 Å². The standard InChI is InChI=1S/C7H12N2O/c1-2-9-4-5-3-6(9)7(10)8-5/h5-6H,2-4H2,1H3,(H,8,10)/t5-,6-/m1/s1. The van der Waals surface area contributed by atoms with E-state index in [9.17, 15) is 4.79 Å². The van der Waals surface area contributed by atoms with Crippen LogP contribution in [-0.2, 0) is 4.79 Å². The third-order valence-corrected chi connectivity index (χ3v) is 2.46. The highest BCUT2D eigenvalue weighted by Crippen LogP contribution is 2.23. The molecule has 0 unspecified atom stereocenters. The third kappa shape index (κ3) is 0.669. The molecule has 0 aromatic rings. The zero-order chi connectivity index (χ0) is 7.14. The van der Waals surface area contributed by atoms with Crippen LogP contribution in [0.5, 0.6) is 0 Å². The molecular formula is C7H12N2O. The number of amides is 1. The maximum atomic E-state index is 11.1. The molecule has 1 amide bonds. The van der Waals surface area contributed by atoms with Gasteiger partial charge in [-0.05, 0) is 13.0 Å². The van der Waals surface area contributed by atoms with E-state index in [0.29, 0.717) is 6.04 Å². The van der Waals surface area contributed by atoms with Crippen LogP contribution in [0.3, 0.4) is 0 Å². The van der Waals surface area contributed by atoms with Crippen molar-refractivity contribution in [3.8, 4) is 0 Å². The number of nitrogens with zero attached hydrogens (tertiary/aromatic N) is 1. The summed E-state index contributed by atoms with van der Waals surface area (Å²) >= 11 is 0. The minimum Gasteiger partial charge on any atom is -0.351 e. The molecule has 3 nitrogen and oxygen atoms in total. The second-order valence-electron chi connectivity index (χ2n) is 3.04. The maximum absolute atomic E-state index is 11.1. The number of piperazine rings is 1. The van der Waals surface area contributed by atoms with Crippen LogP contribution in [0.15, 0.2) is 0 Å². The molecule has 0 aromatic heterocycles. The Morgan fingerprint density at radius 3 is 3.00 bits per heavy atom. The van der Waals surface area contributed by atoms with Crippen LogP contribution < -0.4 is 5.32 Å². The van der Waals surface area contributed by atoms with Gasteiger partial charge in [0.2, 0.25) is 5.91 Å². The van der Waals surface area contributed by atoms with Crippen LogP contribution in [0, 0.1) is 0 Å². The Morgan fingerprint density at radius 1 is 1.80 bits per heavy atom.